The minimum Gasteiger partial charge on any atom is -0.295 e. The number of hydrogen-bond acceptors (Lipinski definition) is 4. The maximum absolute atomic E-state index is 12.4. The highest BCUT2D eigenvalue weighted by molar-refractivity contribution is 7.89. The van der Waals surface area contributed by atoms with Gasteiger partial charge in [-0.15, -0.1) is 0 Å². The van der Waals surface area contributed by atoms with E-state index < -0.39 is 22.0 Å². The SMILES string of the molecule is O=C1CCC(NS(=O)(=O)c2ccc(-c3ccccc3)cc2)C(=O)N1. The van der Waals surface area contributed by atoms with Gasteiger partial charge in [-0.1, -0.05) is 42.5 Å². The summed E-state index contributed by atoms with van der Waals surface area (Å²) in [6.45, 7) is 0. The van der Waals surface area contributed by atoms with Gasteiger partial charge in [0.05, 0.1) is 4.90 Å². The van der Waals surface area contributed by atoms with Gasteiger partial charge in [-0.2, -0.15) is 4.72 Å². The molecule has 2 N–H and O–H groups in total. The van der Waals surface area contributed by atoms with Crippen LogP contribution in [0.25, 0.3) is 11.1 Å². The summed E-state index contributed by atoms with van der Waals surface area (Å²) < 4.78 is 27.1. The molecule has 0 saturated carbocycles. The van der Waals surface area contributed by atoms with Gasteiger partial charge in [-0.25, -0.2) is 8.42 Å². The second-order valence-electron chi connectivity index (χ2n) is 5.52. The Morgan fingerprint density at radius 1 is 0.917 bits per heavy atom. The van der Waals surface area contributed by atoms with Crippen LogP contribution in [-0.2, 0) is 19.6 Å². The fraction of sp³-hybridized carbons (Fsp3) is 0.176. The van der Waals surface area contributed by atoms with Crippen molar-refractivity contribution in [2.75, 3.05) is 0 Å². The summed E-state index contributed by atoms with van der Waals surface area (Å²) in [6, 6.07) is 15.1. The lowest BCUT2D eigenvalue weighted by Gasteiger charge is -2.21. The first-order valence-electron chi connectivity index (χ1n) is 7.47. The van der Waals surface area contributed by atoms with Crippen LogP contribution in [-0.4, -0.2) is 26.3 Å². The molecule has 1 heterocycles. The van der Waals surface area contributed by atoms with Gasteiger partial charge in [-0.05, 0) is 29.7 Å². The van der Waals surface area contributed by atoms with Crippen molar-refractivity contribution in [3.8, 4) is 11.1 Å². The maximum atomic E-state index is 12.4. The van der Waals surface area contributed by atoms with Crippen molar-refractivity contribution in [3.05, 3.63) is 54.6 Å². The molecule has 1 fully saturated rings. The van der Waals surface area contributed by atoms with Crippen molar-refractivity contribution in [1.29, 1.82) is 0 Å². The molecule has 1 aliphatic heterocycles. The summed E-state index contributed by atoms with van der Waals surface area (Å²) in [5.74, 6) is -1.00. The van der Waals surface area contributed by atoms with Gasteiger partial charge in [0.2, 0.25) is 21.8 Å². The lowest BCUT2D eigenvalue weighted by Crippen LogP contribution is -2.52. The zero-order valence-electron chi connectivity index (χ0n) is 12.7. The molecule has 7 heteroatoms. The highest BCUT2D eigenvalue weighted by Crippen LogP contribution is 2.21. The van der Waals surface area contributed by atoms with Crippen LogP contribution in [0.5, 0.6) is 0 Å². The molecule has 1 aliphatic rings. The van der Waals surface area contributed by atoms with Gasteiger partial charge in [0, 0.05) is 6.42 Å². The van der Waals surface area contributed by atoms with E-state index in [-0.39, 0.29) is 23.6 Å². The van der Waals surface area contributed by atoms with Crippen LogP contribution in [0.15, 0.2) is 59.5 Å². The molecule has 2 aromatic carbocycles. The Labute approximate surface area is 139 Å². The van der Waals surface area contributed by atoms with Crippen molar-refractivity contribution in [1.82, 2.24) is 10.0 Å². The van der Waals surface area contributed by atoms with Gasteiger partial charge in [0.25, 0.3) is 0 Å². The number of amides is 2. The van der Waals surface area contributed by atoms with Crippen LogP contribution in [0.4, 0.5) is 0 Å². The highest BCUT2D eigenvalue weighted by atomic mass is 32.2. The fourth-order valence-electron chi connectivity index (χ4n) is 2.52. The first-order chi connectivity index (χ1) is 11.5. The predicted molar refractivity (Wildman–Crippen MR) is 88.4 cm³/mol. The molecular weight excluding hydrogens is 328 g/mol. The van der Waals surface area contributed by atoms with E-state index in [4.69, 9.17) is 0 Å². The van der Waals surface area contributed by atoms with E-state index in [1.807, 2.05) is 30.3 Å². The van der Waals surface area contributed by atoms with Crippen LogP contribution in [0.3, 0.4) is 0 Å². The van der Waals surface area contributed by atoms with Crippen molar-refractivity contribution < 1.29 is 18.0 Å². The lowest BCUT2D eigenvalue weighted by molar-refractivity contribution is -0.134. The Morgan fingerprint density at radius 3 is 2.17 bits per heavy atom. The predicted octanol–water partition coefficient (Wildman–Crippen LogP) is 1.44. The van der Waals surface area contributed by atoms with E-state index in [9.17, 15) is 18.0 Å². The number of hydrogen-bond donors (Lipinski definition) is 2. The molecule has 1 unspecified atom stereocenters. The molecule has 2 aromatic rings. The van der Waals surface area contributed by atoms with Crippen LogP contribution in [0.2, 0.25) is 0 Å². The number of piperidine rings is 1. The van der Waals surface area contributed by atoms with Crippen molar-refractivity contribution in [2.45, 2.75) is 23.8 Å². The second kappa shape index (κ2) is 6.54. The van der Waals surface area contributed by atoms with Crippen molar-refractivity contribution in [3.63, 3.8) is 0 Å². The highest BCUT2D eigenvalue weighted by Gasteiger charge is 2.30. The van der Waals surface area contributed by atoms with Crippen molar-refractivity contribution in [2.24, 2.45) is 0 Å². The summed E-state index contributed by atoms with van der Waals surface area (Å²) in [4.78, 5) is 22.9. The molecule has 0 spiro atoms. The average molecular weight is 344 g/mol. The smallest absolute Gasteiger partial charge is 0.244 e. The van der Waals surface area contributed by atoms with E-state index in [1.165, 1.54) is 12.1 Å². The Bertz CT molecular complexity index is 861. The third-order valence-corrected chi connectivity index (χ3v) is 5.30. The first kappa shape index (κ1) is 16.4. The summed E-state index contributed by atoms with van der Waals surface area (Å²) in [5.41, 5.74) is 1.88. The van der Waals surface area contributed by atoms with E-state index in [0.29, 0.717) is 0 Å². The minimum absolute atomic E-state index is 0.0758. The summed E-state index contributed by atoms with van der Waals surface area (Å²) in [6.07, 6.45) is 0.276. The topological polar surface area (TPSA) is 92.3 Å². The Hall–Kier alpha value is -2.51. The monoisotopic (exact) mass is 344 g/mol. The Morgan fingerprint density at radius 2 is 1.54 bits per heavy atom. The first-order valence-corrected chi connectivity index (χ1v) is 8.95. The molecule has 0 radical (unpaired) electrons. The second-order valence-corrected chi connectivity index (χ2v) is 7.23. The third kappa shape index (κ3) is 3.52. The quantitative estimate of drug-likeness (QED) is 0.821. The number of carbonyl (C=O) groups excluding carboxylic acids is 2. The van der Waals surface area contributed by atoms with E-state index in [1.54, 1.807) is 12.1 Å². The molecule has 0 aromatic heterocycles. The molecular formula is C17H16N2O4S. The normalized spacial score (nSPS) is 18.2. The van der Waals surface area contributed by atoms with Gasteiger partial charge < -0.3 is 0 Å². The molecule has 2 amide bonds. The number of carbonyl (C=O) groups is 2. The average Bonchev–Trinajstić information content (AvgIpc) is 2.58. The molecule has 0 bridgehead atoms. The number of sulfonamides is 1. The van der Waals surface area contributed by atoms with Gasteiger partial charge in [0.15, 0.2) is 0 Å². The van der Waals surface area contributed by atoms with Gasteiger partial charge >= 0.3 is 0 Å². The Kier molecular flexibility index (Phi) is 4.46. The molecule has 124 valence electrons. The van der Waals surface area contributed by atoms with E-state index in [0.717, 1.165) is 11.1 Å². The van der Waals surface area contributed by atoms with Crippen LogP contribution in [0.1, 0.15) is 12.8 Å². The number of benzene rings is 2. The zero-order valence-corrected chi connectivity index (χ0v) is 13.5. The molecule has 6 nitrogen and oxygen atoms in total. The van der Waals surface area contributed by atoms with Crippen LogP contribution >= 0.6 is 0 Å². The molecule has 1 atom stereocenters. The fourth-order valence-corrected chi connectivity index (χ4v) is 3.75. The van der Waals surface area contributed by atoms with Gasteiger partial charge in [0.1, 0.15) is 6.04 Å². The number of rotatable bonds is 4. The van der Waals surface area contributed by atoms with Crippen molar-refractivity contribution >= 4 is 21.8 Å². The minimum atomic E-state index is -3.83. The lowest BCUT2D eigenvalue weighted by atomic mass is 10.1. The summed E-state index contributed by atoms with van der Waals surface area (Å²) >= 11 is 0. The van der Waals surface area contributed by atoms with Crippen LogP contribution in [0, 0.1) is 0 Å². The molecule has 0 aliphatic carbocycles. The molecule has 24 heavy (non-hydrogen) atoms. The maximum Gasteiger partial charge on any atom is 0.244 e. The van der Waals surface area contributed by atoms with E-state index >= 15 is 0 Å². The molecule has 3 rings (SSSR count). The summed E-state index contributed by atoms with van der Waals surface area (Å²) in [5, 5.41) is 2.13. The number of nitrogens with one attached hydrogen (secondary N) is 2. The van der Waals surface area contributed by atoms with E-state index in [2.05, 4.69) is 10.0 Å². The third-order valence-electron chi connectivity index (χ3n) is 3.81. The number of imide groups is 1. The zero-order chi connectivity index (χ0) is 17.2. The summed E-state index contributed by atoms with van der Waals surface area (Å²) in [7, 11) is -3.83. The Balaban J connectivity index is 1.78. The molecule has 1 saturated heterocycles. The van der Waals surface area contributed by atoms with Crippen LogP contribution < -0.4 is 10.0 Å². The largest absolute Gasteiger partial charge is 0.295 e. The standard InChI is InChI=1S/C17H16N2O4S/c20-16-11-10-15(17(21)18-16)19-24(22,23)14-8-6-13(7-9-14)12-4-2-1-3-5-12/h1-9,15,19H,10-11H2,(H,18,20,21). The van der Waals surface area contributed by atoms with Gasteiger partial charge in [-0.3, -0.25) is 14.9 Å².